The van der Waals surface area contributed by atoms with Crippen LogP contribution in [0.4, 0.5) is 4.79 Å². The summed E-state index contributed by atoms with van der Waals surface area (Å²) >= 11 is 0. The second-order valence-electron chi connectivity index (χ2n) is 7.03. The summed E-state index contributed by atoms with van der Waals surface area (Å²) in [6.45, 7) is 9.74. The van der Waals surface area contributed by atoms with Gasteiger partial charge in [0, 0.05) is 23.9 Å². The molecule has 2 heterocycles. The van der Waals surface area contributed by atoms with E-state index < -0.39 is 5.60 Å². The van der Waals surface area contributed by atoms with Crippen molar-refractivity contribution in [2.75, 3.05) is 0 Å². The Hall–Kier alpha value is -1.06. The highest BCUT2D eigenvalue weighted by molar-refractivity contribution is 5.88. The van der Waals surface area contributed by atoms with Gasteiger partial charge in [-0.25, -0.2) is 4.79 Å². The summed E-state index contributed by atoms with van der Waals surface area (Å²) in [5.74, 6) is 0.347. The number of fused-ring (bicyclic) bond motifs is 2. The van der Waals surface area contributed by atoms with Gasteiger partial charge in [-0.05, 0) is 46.5 Å². The predicted molar refractivity (Wildman–Crippen MR) is 77.5 cm³/mol. The number of piperidine rings is 1. The average molecular weight is 281 g/mol. The van der Waals surface area contributed by atoms with Crippen LogP contribution >= 0.6 is 0 Å². The third kappa shape index (κ3) is 2.57. The number of Topliss-reactive ketones (excluding diaryl/α,β-unsaturated/α-hetero) is 1. The summed E-state index contributed by atoms with van der Waals surface area (Å²) in [5, 5.41) is 0. The number of carbonyl (C=O) groups is 2. The fourth-order valence-corrected chi connectivity index (χ4v) is 3.84. The fraction of sp³-hybridized carbons (Fsp3) is 0.875. The van der Waals surface area contributed by atoms with E-state index in [4.69, 9.17) is 4.74 Å². The Morgan fingerprint density at radius 1 is 1.15 bits per heavy atom. The topological polar surface area (TPSA) is 46.6 Å². The lowest BCUT2D eigenvalue weighted by atomic mass is 9.79. The normalized spacial score (nSPS) is 33.5. The Morgan fingerprint density at radius 2 is 1.60 bits per heavy atom. The zero-order chi connectivity index (χ0) is 15.1. The van der Waals surface area contributed by atoms with Gasteiger partial charge in [0.2, 0.25) is 0 Å². The highest BCUT2D eigenvalue weighted by Crippen LogP contribution is 2.43. The standard InChI is InChI=1S/C16H27NO3/c1-6-10-12-8-9-13(11(7-2)14(10)18)17(12)15(19)20-16(3,4)5/h10-13H,6-9H2,1-5H3. The molecule has 0 saturated carbocycles. The lowest BCUT2D eigenvalue weighted by molar-refractivity contribution is -0.135. The molecule has 0 aromatic carbocycles. The second kappa shape index (κ2) is 5.38. The number of amides is 1. The van der Waals surface area contributed by atoms with Crippen molar-refractivity contribution in [2.24, 2.45) is 11.8 Å². The van der Waals surface area contributed by atoms with Crippen molar-refractivity contribution in [3.8, 4) is 0 Å². The molecular formula is C16H27NO3. The summed E-state index contributed by atoms with van der Waals surface area (Å²) in [6, 6.07) is 0.102. The summed E-state index contributed by atoms with van der Waals surface area (Å²) in [4.78, 5) is 26.9. The van der Waals surface area contributed by atoms with Crippen LogP contribution in [0.15, 0.2) is 0 Å². The van der Waals surface area contributed by atoms with E-state index in [1.54, 1.807) is 0 Å². The Labute approximate surface area is 121 Å². The van der Waals surface area contributed by atoms with Crippen LogP contribution in [0.3, 0.4) is 0 Å². The third-order valence-electron chi connectivity index (χ3n) is 4.62. The quantitative estimate of drug-likeness (QED) is 0.779. The molecule has 0 aromatic rings. The van der Waals surface area contributed by atoms with Crippen LogP contribution in [0, 0.1) is 11.8 Å². The van der Waals surface area contributed by atoms with Gasteiger partial charge in [0.15, 0.2) is 0 Å². The van der Waals surface area contributed by atoms with Gasteiger partial charge in [0.05, 0.1) is 0 Å². The van der Waals surface area contributed by atoms with Crippen molar-refractivity contribution in [3.05, 3.63) is 0 Å². The van der Waals surface area contributed by atoms with Crippen molar-refractivity contribution in [3.63, 3.8) is 0 Å². The molecule has 4 unspecified atom stereocenters. The molecule has 20 heavy (non-hydrogen) atoms. The number of nitrogens with zero attached hydrogens (tertiary/aromatic N) is 1. The fourth-order valence-electron chi connectivity index (χ4n) is 3.84. The van der Waals surface area contributed by atoms with Crippen molar-refractivity contribution >= 4 is 11.9 Å². The summed E-state index contributed by atoms with van der Waals surface area (Å²) < 4.78 is 5.55. The van der Waals surface area contributed by atoms with Gasteiger partial charge in [0.25, 0.3) is 0 Å². The molecule has 2 aliphatic heterocycles. The molecule has 0 radical (unpaired) electrons. The Balaban J connectivity index is 2.25. The maximum atomic E-state index is 12.5. The minimum atomic E-state index is -0.485. The van der Waals surface area contributed by atoms with E-state index in [2.05, 4.69) is 0 Å². The summed E-state index contributed by atoms with van der Waals surface area (Å²) in [6.07, 6.45) is 3.25. The molecule has 2 fully saturated rings. The highest BCUT2D eigenvalue weighted by atomic mass is 16.6. The molecule has 4 atom stereocenters. The van der Waals surface area contributed by atoms with Gasteiger partial charge in [-0.3, -0.25) is 4.79 Å². The van der Waals surface area contributed by atoms with Crippen LogP contribution in [0.2, 0.25) is 0 Å². The van der Waals surface area contributed by atoms with Crippen LogP contribution in [-0.4, -0.2) is 34.5 Å². The molecule has 2 saturated heterocycles. The number of carbonyl (C=O) groups excluding carboxylic acids is 2. The van der Waals surface area contributed by atoms with Crippen LogP contribution in [0.25, 0.3) is 0 Å². The van der Waals surface area contributed by atoms with Crippen molar-refractivity contribution in [2.45, 2.75) is 78.0 Å². The molecular weight excluding hydrogens is 254 g/mol. The van der Waals surface area contributed by atoms with E-state index in [0.29, 0.717) is 5.78 Å². The van der Waals surface area contributed by atoms with Gasteiger partial charge in [-0.15, -0.1) is 0 Å². The number of hydrogen-bond donors (Lipinski definition) is 0. The van der Waals surface area contributed by atoms with Crippen LogP contribution in [0.5, 0.6) is 0 Å². The van der Waals surface area contributed by atoms with Crippen molar-refractivity contribution < 1.29 is 14.3 Å². The van der Waals surface area contributed by atoms with Crippen LogP contribution < -0.4 is 0 Å². The van der Waals surface area contributed by atoms with E-state index >= 15 is 0 Å². The molecule has 1 amide bonds. The minimum Gasteiger partial charge on any atom is -0.444 e. The number of ketones is 1. The summed E-state index contributed by atoms with van der Waals surface area (Å²) in [5.41, 5.74) is -0.485. The van der Waals surface area contributed by atoms with Crippen molar-refractivity contribution in [1.29, 1.82) is 0 Å². The summed E-state index contributed by atoms with van der Waals surface area (Å²) in [7, 11) is 0. The highest BCUT2D eigenvalue weighted by Gasteiger charge is 2.53. The first-order valence-corrected chi connectivity index (χ1v) is 7.85. The monoisotopic (exact) mass is 281 g/mol. The van der Waals surface area contributed by atoms with Gasteiger partial charge in [-0.1, -0.05) is 13.8 Å². The molecule has 4 nitrogen and oxygen atoms in total. The van der Waals surface area contributed by atoms with Crippen LogP contribution in [0.1, 0.15) is 60.3 Å². The zero-order valence-corrected chi connectivity index (χ0v) is 13.3. The SMILES string of the molecule is CCC1C(=O)C(CC)C2CCC1N2C(=O)OC(C)(C)C. The van der Waals surface area contributed by atoms with E-state index in [1.807, 2.05) is 39.5 Å². The maximum absolute atomic E-state index is 12.5. The number of ether oxygens (including phenoxy) is 1. The van der Waals surface area contributed by atoms with E-state index in [1.165, 1.54) is 0 Å². The van der Waals surface area contributed by atoms with Crippen LogP contribution in [-0.2, 0) is 9.53 Å². The van der Waals surface area contributed by atoms with Crippen molar-refractivity contribution in [1.82, 2.24) is 4.90 Å². The average Bonchev–Trinajstić information content (AvgIpc) is 2.68. The zero-order valence-electron chi connectivity index (χ0n) is 13.3. The number of rotatable bonds is 2. The Kier molecular flexibility index (Phi) is 4.12. The number of hydrogen-bond acceptors (Lipinski definition) is 3. The van der Waals surface area contributed by atoms with Gasteiger partial charge in [-0.2, -0.15) is 0 Å². The van der Waals surface area contributed by atoms with Gasteiger partial charge in [0.1, 0.15) is 11.4 Å². The lowest BCUT2D eigenvalue weighted by Gasteiger charge is -2.43. The first kappa shape index (κ1) is 15.3. The first-order chi connectivity index (χ1) is 9.30. The lowest BCUT2D eigenvalue weighted by Crippen LogP contribution is -2.57. The van der Waals surface area contributed by atoms with Gasteiger partial charge < -0.3 is 9.64 Å². The minimum absolute atomic E-state index is 0.00813. The first-order valence-electron chi connectivity index (χ1n) is 7.85. The Bertz CT molecular complexity index is 377. The van der Waals surface area contributed by atoms with E-state index in [9.17, 15) is 9.59 Å². The molecule has 2 bridgehead atoms. The second-order valence-corrected chi connectivity index (χ2v) is 7.03. The molecule has 2 rings (SSSR count). The molecule has 2 aliphatic rings. The molecule has 0 aliphatic carbocycles. The maximum Gasteiger partial charge on any atom is 0.410 e. The van der Waals surface area contributed by atoms with E-state index in [-0.39, 0.29) is 30.0 Å². The Morgan fingerprint density at radius 3 is 1.95 bits per heavy atom. The largest absolute Gasteiger partial charge is 0.444 e. The predicted octanol–water partition coefficient (Wildman–Crippen LogP) is 3.39. The smallest absolute Gasteiger partial charge is 0.410 e. The molecule has 0 aromatic heterocycles. The molecule has 4 heteroatoms. The molecule has 114 valence electrons. The van der Waals surface area contributed by atoms with E-state index in [0.717, 1.165) is 25.7 Å². The molecule has 0 N–H and O–H groups in total. The third-order valence-corrected chi connectivity index (χ3v) is 4.62. The molecule has 0 spiro atoms. The van der Waals surface area contributed by atoms with Gasteiger partial charge >= 0.3 is 6.09 Å².